The lowest BCUT2D eigenvalue weighted by Gasteiger charge is -2.38. The van der Waals surface area contributed by atoms with Crippen LogP contribution in [0.25, 0.3) is 0 Å². The fourth-order valence-electron chi connectivity index (χ4n) is 4.37. The van der Waals surface area contributed by atoms with Gasteiger partial charge in [0.05, 0.1) is 13.2 Å². The van der Waals surface area contributed by atoms with Crippen LogP contribution in [-0.2, 0) is 11.3 Å². The summed E-state index contributed by atoms with van der Waals surface area (Å²) in [5, 5.41) is 11.1. The third kappa shape index (κ3) is 4.08. The molecule has 0 aromatic heterocycles. The molecule has 0 heterocycles. The first-order chi connectivity index (χ1) is 11.6. The standard InChI is InChI=1S/C18H21Cl3F2O2/c19-18(20,21)17(24)9-13-8-16(22,23)7-6-14(13)15(17)11-25-10-12-4-2-1-3-5-12/h1-5,13-15,24H,6-11H2/t13-,14+,15-,17?/m0/s1. The number of ether oxygens (including phenoxy) is 1. The average Bonchev–Trinajstić information content (AvgIpc) is 2.79. The van der Waals surface area contributed by atoms with Crippen molar-refractivity contribution in [3.63, 3.8) is 0 Å². The maximum absolute atomic E-state index is 13.8. The molecule has 1 aromatic rings. The van der Waals surface area contributed by atoms with Crippen molar-refractivity contribution in [3.8, 4) is 0 Å². The summed E-state index contributed by atoms with van der Waals surface area (Å²) in [6.45, 7) is 0.535. The van der Waals surface area contributed by atoms with E-state index in [9.17, 15) is 13.9 Å². The fraction of sp³-hybridized carbons (Fsp3) is 0.667. The molecule has 1 aromatic carbocycles. The SMILES string of the molecule is OC1(C(Cl)(Cl)Cl)C[C@@H]2CC(F)(F)CC[C@H]2[C@@H]1COCc1ccccc1. The van der Waals surface area contributed by atoms with E-state index in [0.717, 1.165) is 5.56 Å². The Morgan fingerprint density at radius 2 is 1.84 bits per heavy atom. The summed E-state index contributed by atoms with van der Waals surface area (Å²) in [5.74, 6) is -3.69. The highest BCUT2D eigenvalue weighted by atomic mass is 35.6. The summed E-state index contributed by atoms with van der Waals surface area (Å²) in [7, 11) is 0. The summed E-state index contributed by atoms with van der Waals surface area (Å²) in [4.78, 5) is 0. The van der Waals surface area contributed by atoms with Crippen LogP contribution in [0.3, 0.4) is 0 Å². The number of hydrogen-bond donors (Lipinski definition) is 1. The summed E-state index contributed by atoms with van der Waals surface area (Å²) in [5.41, 5.74) is -0.672. The van der Waals surface area contributed by atoms with Crippen LogP contribution >= 0.6 is 34.8 Å². The van der Waals surface area contributed by atoms with Gasteiger partial charge in [0.1, 0.15) is 5.60 Å². The van der Waals surface area contributed by atoms with Crippen LogP contribution in [0.15, 0.2) is 30.3 Å². The highest BCUT2D eigenvalue weighted by Crippen LogP contribution is 2.60. The topological polar surface area (TPSA) is 29.5 Å². The Balaban J connectivity index is 1.73. The minimum atomic E-state index is -2.71. The van der Waals surface area contributed by atoms with E-state index < -0.39 is 21.2 Å². The van der Waals surface area contributed by atoms with Gasteiger partial charge in [0.25, 0.3) is 0 Å². The van der Waals surface area contributed by atoms with E-state index in [0.29, 0.717) is 13.0 Å². The van der Waals surface area contributed by atoms with Crippen molar-refractivity contribution in [2.75, 3.05) is 6.61 Å². The average molecular weight is 414 g/mol. The molecule has 7 heteroatoms. The molecule has 2 aliphatic carbocycles. The minimum Gasteiger partial charge on any atom is -0.385 e. The van der Waals surface area contributed by atoms with Crippen molar-refractivity contribution in [2.24, 2.45) is 17.8 Å². The van der Waals surface area contributed by atoms with Crippen molar-refractivity contribution in [3.05, 3.63) is 35.9 Å². The molecule has 0 bridgehead atoms. The number of alkyl halides is 5. The number of fused-ring (bicyclic) bond motifs is 1. The lowest BCUT2D eigenvalue weighted by Crippen LogP contribution is -2.49. The van der Waals surface area contributed by atoms with Crippen LogP contribution in [0.1, 0.15) is 31.2 Å². The van der Waals surface area contributed by atoms with Crippen LogP contribution in [0.2, 0.25) is 0 Å². The van der Waals surface area contributed by atoms with Crippen molar-refractivity contribution in [1.82, 2.24) is 0 Å². The van der Waals surface area contributed by atoms with E-state index >= 15 is 0 Å². The molecular formula is C18H21Cl3F2O2. The normalized spacial score (nSPS) is 34.7. The first kappa shape index (κ1) is 19.6. The van der Waals surface area contributed by atoms with E-state index in [-0.39, 0.29) is 37.7 Å². The zero-order valence-electron chi connectivity index (χ0n) is 13.6. The van der Waals surface area contributed by atoms with Gasteiger partial charge in [-0.2, -0.15) is 0 Å². The van der Waals surface area contributed by atoms with Crippen LogP contribution in [0.5, 0.6) is 0 Å². The van der Waals surface area contributed by atoms with Crippen molar-refractivity contribution >= 4 is 34.8 Å². The molecule has 0 saturated heterocycles. The quantitative estimate of drug-likeness (QED) is 0.672. The fourth-order valence-corrected chi connectivity index (χ4v) is 5.03. The van der Waals surface area contributed by atoms with Gasteiger partial charge in [-0.1, -0.05) is 65.1 Å². The Morgan fingerprint density at radius 1 is 1.16 bits per heavy atom. The second-order valence-corrected chi connectivity index (χ2v) is 9.54. The van der Waals surface area contributed by atoms with Gasteiger partial charge < -0.3 is 9.84 Å². The van der Waals surface area contributed by atoms with Crippen molar-refractivity contribution < 1.29 is 18.6 Å². The minimum absolute atomic E-state index is 0.0587. The maximum atomic E-state index is 13.8. The highest BCUT2D eigenvalue weighted by molar-refractivity contribution is 6.68. The van der Waals surface area contributed by atoms with Gasteiger partial charge in [0, 0.05) is 18.8 Å². The number of rotatable bonds is 4. The second-order valence-electron chi connectivity index (χ2n) is 7.26. The van der Waals surface area contributed by atoms with Crippen LogP contribution in [0, 0.1) is 17.8 Å². The van der Waals surface area contributed by atoms with Crippen LogP contribution < -0.4 is 0 Å². The Hall–Kier alpha value is -0.130. The second kappa shape index (κ2) is 7.12. The molecule has 2 aliphatic rings. The van der Waals surface area contributed by atoms with Crippen LogP contribution in [0.4, 0.5) is 8.78 Å². The molecule has 140 valence electrons. The van der Waals surface area contributed by atoms with Gasteiger partial charge >= 0.3 is 0 Å². The number of hydrogen-bond acceptors (Lipinski definition) is 2. The molecule has 0 spiro atoms. The Bertz CT molecular complexity index is 594. The first-order valence-electron chi connectivity index (χ1n) is 8.41. The predicted octanol–water partition coefficient (Wildman–Crippen LogP) is 5.38. The van der Waals surface area contributed by atoms with Crippen molar-refractivity contribution in [2.45, 2.75) is 47.6 Å². The summed E-state index contributed by atoms with van der Waals surface area (Å²) < 4.78 is 31.4. The van der Waals surface area contributed by atoms with Crippen LogP contribution in [-0.4, -0.2) is 27.0 Å². The molecule has 0 aliphatic heterocycles. The number of benzene rings is 1. The molecule has 3 rings (SSSR count). The first-order valence-corrected chi connectivity index (χ1v) is 9.54. The van der Waals surface area contributed by atoms with E-state index in [2.05, 4.69) is 0 Å². The van der Waals surface area contributed by atoms with Gasteiger partial charge in [-0.15, -0.1) is 0 Å². The summed E-state index contributed by atoms with van der Waals surface area (Å²) >= 11 is 18.1. The van der Waals surface area contributed by atoms with Gasteiger partial charge in [-0.05, 0) is 30.2 Å². The third-order valence-electron chi connectivity index (χ3n) is 5.61. The van der Waals surface area contributed by atoms with E-state index in [1.807, 2.05) is 30.3 Å². The molecule has 4 atom stereocenters. The molecule has 1 unspecified atom stereocenters. The molecule has 1 N–H and O–H groups in total. The van der Waals surface area contributed by atoms with E-state index in [1.54, 1.807) is 0 Å². The largest absolute Gasteiger partial charge is 0.385 e. The number of aliphatic hydroxyl groups is 1. The molecule has 2 fully saturated rings. The molecule has 2 saturated carbocycles. The van der Waals surface area contributed by atoms with Gasteiger partial charge in [0.15, 0.2) is 0 Å². The molecule has 25 heavy (non-hydrogen) atoms. The molecule has 0 radical (unpaired) electrons. The Labute approximate surface area is 161 Å². The predicted molar refractivity (Wildman–Crippen MR) is 95.2 cm³/mol. The zero-order valence-corrected chi connectivity index (χ0v) is 15.9. The lowest BCUT2D eigenvalue weighted by molar-refractivity contribution is -0.0773. The zero-order chi connectivity index (χ0) is 18.3. The third-order valence-corrected chi connectivity index (χ3v) is 6.59. The number of halogens is 5. The highest BCUT2D eigenvalue weighted by Gasteiger charge is 2.64. The molecule has 0 amide bonds. The van der Waals surface area contributed by atoms with Gasteiger partial charge in [-0.25, -0.2) is 8.78 Å². The van der Waals surface area contributed by atoms with Gasteiger partial charge in [0.2, 0.25) is 9.72 Å². The van der Waals surface area contributed by atoms with Gasteiger partial charge in [-0.3, -0.25) is 0 Å². The molecule has 2 nitrogen and oxygen atoms in total. The smallest absolute Gasteiger partial charge is 0.248 e. The lowest BCUT2D eigenvalue weighted by atomic mass is 9.76. The summed E-state index contributed by atoms with van der Waals surface area (Å²) in [6, 6.07) is 9.59. The van der Waals surface area contributed by atoms with Crippen molar-refractivity contribution in [1.29, 1.82) is 0 Å². The maximum Gasteiger partial charge on any atom is 0.248 e. The monoisotopic (exact) mass is 412 g/mol. The Morgan fingerprint density at radius 3 is 2.48 bits per heavy atom. The Kier molecular flexibility index (Phi) is 5.59. The molecular weight excluding hydrogens is 393 g/mol. The van der Waals surface area contributed by atoms with E-state index in [4.69, 9.17) is 39.5 Å². The summed E-state index contributed by atoms with van der Waals surface area (Å²) in [6.07, 6.45) is -0.0988. The van der Waals surface area contributed by atoms with E-state index in [1.165, 1.54) is 0 Å².